The van der Waals surface area contributed by atoms with Gasteiger partial charge in [-0.1, -0.05) is 18.2 Å². The molecule has 0 bridgehead atoms. The van der Waals surface area contributed by atoms with Crippen LogP contribution in [0.1, 0.15) is 34.7 Å². The van der Waals surface area contributed by atoms with E-state index >= 15 is 0 Å². The van der Waals surface area contributed by atoms with E-state index in [2.05, 4.69) is 10.4 Å². The van der Waals surface area contributed by atoms with Crippen LogP contribution in [0, 0.1) is 0 Å². The fraction of sp³-hybridized carbons (Fsp3) is 0.263. The van der Waals surface area contributed by atoms with Crippen molar-refractivity contribution >= 4 is 11.7 Å². The summed E-state index contributed by atoms with van der Waals surface area (Å²) in [5, 5.41) is 7.26. The molecule has 2 aromatic heterocycles. The molecule has 4 rings (SSSR count). The number of carbonyl (C=O) groups is 1. The molecule has 0 saturated carbocycles. The lowest BCUT2D eigenvalue weighted by Gasteiger charge is -2.11. The van der Waals surface area contributed by atoms with Gasteiger partial charge in [0.15, 0.2) is 11.6 Å². The van der Waals surface area contributed by atoms with Crippen LogP contribution in [0.15, 0.2) is 53.1 Å². The number of anilines is 1. The SMILES string of the molecule is O=C(Nc1cc2n(n1)CCCC2)c1occc1COc1ccccc1. The Morgan fingerprint density at radius 1 is 1.24 bits per heavy atom. The minimum Gasteiger partial charge on any atom is -0.489 e. The van der Waals surface area contributed by atoms with E-state index in [1.54, 1.807) is 6.07 Å². The Labute approximate surface area is 145 Å². The van der Waals surface area contributed by atoms with E-state index in [1.165, 1.54) is 6.26 Å². The summed E-state index contributed by atoms with van der Waals surface area (Å²) in [5.74, 6) is 1.25. The first-order valence-electron chi connectivity index (χ1n) is 8.42. The largest absolute Gasteiger partial charge is 0.489 e. The Hall–Kier alpha value is -3.02. The van der Waals surface area contributed by atoms with Crippen LogP contribution in [0.2, 0.25) is 0 Å². The third-order valence-electron chi connectivity index (χ3n) is 4.25. The molecule has 3 heterocycles. The standard InChI is InChI=1S/C19H19N3O3/c23-19(20-17-12-15-6-4-5-10-22(15)21-17)18-14(9-11-24-18)13-25-16-7-2-1-3-8-16/h1-3,7-9,11-12H,4-6,10,13H2,(H,20,21,23). The van der Waals surface area contributed by atoms with E-state index < -0.39 is 0 Å². The summed E-state index contributed by atoms with van der Waals surface area (Å²) in [6.07, 6.45) is 4.79. The monoisotopic (exact) mass is 337 g/mol. The molecule has 0 atom stereocenters. The third-order valence-corrected chi connectivity index (χ3v) is 4.25. The second-order valence-electron chi connectivity index (χ2n) is 6.03. The summed E-state index contributed by atoms with van der Waals surface area (Å²) < 4.78 is 13.0. The number of ether oxygens (including phenoxy) is 1. The summed E-state index contributed by atoms with van der Waals surface area (Å²) in [6, 6.07) is 13.1. The number of aromatic nitrogens is 2. The lowest BCUT2D eigenvalue weighted by atomic mass is 10.1. The maximum absolute atomic E-state index is 12.5. The van der Waals surface area contributed by atoms with Gasteiger partial charge in [0.05, 0.1) is 6.26 Å². The van der Waals surface area contributed by atoms with Crippen molar-refractivity contribution in [3.8, 4) is 5.75 Å². The number of benzene rings is 1. The van der Waals surface area contributed by atoms with E-state index in [0.717, 1.165) is 37.3 Å². The number of nitrogens with one attached hydrogen (secondary N) is 1. The van der Waals surface area contributed by atoms with Crippen LogP contribution in [0.4, 0.5) is 5.82 Å². The van der Waals surface area contributed by atoms with Crippen molar-refractivity contribution in [2.75, 3.05) is 5.32 Å². The predicted octanol–water partition coefficient (Wildman–Crippen LogP) is 3.64. The highest BCUT2D eigenvalue weighted by Crippen LogP contribution is 2.20. The molecule has 128 valence electrons. The number of rotatable bonds is 5. The zero-order chi connectivity index (χ0) is 17.1. The van der Waals surface area contributed by atoms with Crippen molar-refractivity contribution in [3.63, 3.8) is 0 Å². The molecule has 6 nitrogen and oxygen atoms in total. The highest BCUT2D eigenvalue weighted by molar-refractivity contribution is 6.02. The van der Waals surface area contributed by atoms with E-state index in [9.17, 15) is 4.79 Å². The number of hydrogen-bond acceptors (Lipinski definition) is 4. The van der Waals surface area contributed by atoms with Crippen molar-refractivity contribution < 1.29 is 13.9 Å². The highest BCUT2D eigenvalue weighted by atomic mass is 16.5. The summed E-state index contributed by atoms with van der Waals surface area (Å²) >= 11 is 0. The lowest BCUT2D eigenvalue weighted by Crippen LogP contribution is -2.15. The van der Waals surface area contributed by atoms with Crippen LogP contribution in [-0.4, -0.2) is 15.7 Å². The van der Waals surface area contributed by atoms with Gasteiger partial charge in [0.25, 0.3) is 5.91 Å². The molecule has 1 aliphatic heterocycles. The van der Waals surface area contributed by atoms with Gasteiger partial charge in [-0.15, -0.1) is 0 Å². The number of amides is 1. The summed E-state index contributed by atoms with van der Waals surface area (Å²) in [4.78, 5) is 12.5. The number of hydrogen-bond donors (Lipinski definition) is 1. The minimum atomic E-state index is -0.313. The molecule has 1 amide bonds. The average molecular weight is 337 g/mol. The van der Waals surface area contributed by atoms with Crippen LogP contribution in [0.25, 0.3) is 0 Å². The Kier molecular flexibility index (Phi) is 4.24. The molecular formula is C19H19N3O3. The first kappa shape index (κ1) is 15.5. The van der Waals surface area contributed by atoms with Gasteiger partial charge in [-0.05, 0) is 37.5 Å². The quantitative estimate of drug-likeness (QED) is 0.772. The van der Waals surface area contributed by atoms with Crippen LogP contribution in [0.5, 0.6) is 5.75 Å². The topological polar surface area (TPSA) is 69.3 Å². The Morgan fingerprint density at radius 2 is 2.12 bits per heavy atom. The molecule has 0 radical (unpaired) electrons. The van der Waals surface area contributed by atoms with Gasteiger partial charge >= 0.3 is 0 Å². The molecule has 25 heavy (non-hydrogen) atoms. The van der Waals surface area contributed by atoms with Crippen LogP contribution < -0.4 is 10.1 Å². The molecule has 1 N–H and O–H groups in total. The molecule has 3 aromatic rings. The van der Waals surface area contributed by atoms with E-state index in [-0.39, 0.29) is 18.3 Å². The first-order chi connectivity index (χ1) is 12.3. The van der Waals surface area contributed by atoms with Gasteiger partial charge in [-0.2, -0.15) is 5.10 Å². The number of fused-ring (bicyclic) bond motifs is 1. The molecule has 1 aliphatic rings. The minimum absolute atomic E-state index is 0.252. The van der Waals surface area contributed by atoms with Gasteiger partial charge in [0, 0.05) is 23.9 Å². The van der Waals surface area contributed by atoms with Gasteiger partial charge in [-0.3, -0.25) is 9.48 Å². The normalized spacial score (nSPS) is 13.3. The van der Waals surface area contributed by atoms with E-state index in [0.29, 0.717) is 11.4 Å². The van der Waals surface area contributed by atoms with Crippen LogP contribution in [0.3, 0.4) is 0 Å². The second-order valence-corrected chi connectivity index (χ2v) is 6.03. The lowest BCUT2D eigenvalue weighted by molar-refractivity contribution is 0.0993. The number of furan rings is 1. The Morgan fingerprint density at radius 3 is 2.96 bits per heavy atom. The summed E-state index contributed by atoms with van der Waals surface area (Å²) in [5.41, 5.74) is 1.86. The van der Waals surface area contributed by atoms with Crippen molar-refractivity contribution in [2.45, 2.75) is 32.4 Å². The number of aryl methyl sites for hydroxylation is 2. The van der Waals surface area contributed by atoms with Gasteiger partial charge in [0.1, 0.15) is 12.4 Å². The molecule has 0 unspecified atom stereocenters. The zero-order valence-electron chi connectivity index (χ0n) is 13.8. The average Bonchev–Trinajstić information content (AvgIpc) is 3.27. The van der Waals surface area contributed by atoms with Crippen LogP contribution >= 0.6 is 0 Å². The molecule has 0 spiro atoms. The molecule has 0 fully saturated rings. The summed E-state index contributed by atoms with van der Waals surface area (Å²) in [6.45, 7) is 1.17. The van der Waals surface area contributed by atoms with Crippen molar-refractivity contribution in [1.82, 2.24) is 9.78 Å². The smallest absolute Gasteiger partial charge is 0.292 e. The van der Waals surface area contributed by atoms with Crippen molar-refractivity contribution in [1.29, 1.82) is 0 Å². The van der Waals surface area contributed by atoms with Gasteiger partial charge in [-0.25, -0.2) is 0 Å². The predicted molar refractivity (Wildman–Crippen MR) is 92.6 cm³/mol. The molecular weight excluding hydrogens is 318 g/mol. The maximum Gasteiger partial charge on any atom is 0.292 e. The molecule has 1 aromatic carbocycles. The fourth-order valence-electron chi connectivity index (χ4n) is 2.98. The zero-order valence-corrected chi connectivity index (χ0v) is 13.8. The number of nitrogens with zero attached hydrogens (tertiary/aromatic N) is 2. The van der Waals surface area contributed by atoms with Gasteiger partial charge < -0.3 is 14.5 Å². The number of para-hydroxylation sites is 1. The van der Waals surface area contributed by atoms with Crippen molar-refractivity contribution in [3.05, 3.63) is 65.7 Å². The number of carbonyl (C=O) groups excluding carboxylic acids is 1. The second kappa shape index (κ2) is 6.84. The Bertz CT molecular complexity index is 844. The van der Waals surface area contributed by atoms with Crippen molar-refractivity contribution in [2.24, 2.45) is 0 Å². The molecule has 0 aliphatic carbocycles. The molecule has 0 saturated heterocycles. The van der Waals surface area contributed by atoms with E-state index in [4.69, 9.17) is 9.15 Å². The van der Waals surface area contributed by atoms with Crippen LogP contribution in [-0.2, 0) is 19.6 Å². The van der Waals surface area contributed by atoms with E-state index in [1.807, 2.05) is 41.1 Å². The fourth-order valence-corrected chi connectivity index (χ4v) is 2.98. The summed E-state index contributed by atoms with van der Waals surface area (Å²) in [7, 11) is 0. The third kappa shape index (κ3) is 3.42. The van der Waals surface area contributed by atoms with Gasteiger partial charge in [0.2, 0.25) is 0 Å². The maximum atomic E-state index is 12.5. The Balaban J connectivity index is 1.44. The first-order valence-corrected chi connectivity index (χ1v) is 8.42. The highest BCUT2D eigenvalue weighted by Gasteiger charge is 2.19. The molecule has 6 heteroatoms.